The predicted octanol–water partition coefficient (Wildman–Crippen LogP) is -0.488. The summed E-state index contributed by atoms with van der Waals surface area (Å²) in [7, 11) is 0.572. The average Bonchev–Trinajstić information content (AvgIpc) is 3.19. The number of carbonyl (C=O) groups is 4. The molecule has 0 bridgehead atoms. The normalized spacial score (nSPS) is 21.5. The number of aliphatic carboxylic acids is 1. The van der Waals surface area contributed by atoms with Crippen molar-refractivity contribution in [1.29, 1.82) is 0 Å². The minimum atomic E-state index is -3.38. The lowest BCUT2D eigenvalue weighted by molar-refractivity contribution is -0.138. The molecule has 2 fully saturated rings. The van der Waals surface area contributed by atoms with E-state index in [4.69, 9.17) is 24.9 Å². The second kappa shape index (κ2) is 12.4. The van der Waals surface area contributed by atoms with Crippen molar-refractivity contribution >= 4 is 34.7 Å². The summed E-state index contributed by atoms with van der Waals surface area (Å²) in [6.45, 7) is 2.64. The first-order valence-electron chi connectivity index (χ1n) is 10.2. The van der Waals surface area contributed by atoms with Crippen molar-refractivity contribution in [3.63, 3.8) is 0 Å². The van der Waals surface area contributed by atoms with Crippen LogP contribution in [0.1, 0.15) is 10.4 Å². The van der Waals surface area contributed by atoms with Gasteiger partial charge in [-0.2, -0.15) is 0 Å². The highest BCUT2D eigenvalue weighted by Crippen LogP contribution is 2.43. The van der Waals surface area contributed by atoms with Gasteiger partial charge in [-0.25, -0.2) is 8.42 Å². The van der Waals surface area contributed by atoms with E-state index in [0.29, 0.717) is 31.7 Å². The summed E-state index contributed by atoms with van der Waals surface area (Å²) in [5.41, 5.74) is 0.188. The standard InChI is InChI=1S/C19H27N3O5S.2CH2O2/c1-20(2)11-19-12-21(10-17(23)24)8-15(19)9-22(13-19)18(25)14-5-4-6-16(7-14)28(3,26)27;2*2-1-3/h4-7,15H,8-13H2,1-3H3,(H,23,24);2*1H,(H,2,3)/t15-,19+;;/m0../s1. The molecule has 3 rings (SSSR count). The fourth-order valence-electron chi connectivity index (χ4n) is 4.65. The second-order valence-corrected chi connectivity index (χ2v) is 10.6. The van der Waals surface area contributed by atoms with E-state index in [-0.39, 0.29) is 41.6 Å². The second-order valence-electron chi connectivity index (χ2n) is 8.56. The van der Waals surface area contributed by atoms with Crippen molar-refractivity contribution in [2.24, 2.45) is 11.3 Å². The van der Waals surface area contributed by atoms with E-state index in [9.17, 15) is 18.0 Å². The van der Waals surface area contributed by atoms with Gasteiger partial charge in [0.15, 0.2) is 9.84 Å². The molecule has 2 aliphatic heterocycles. The van der Waals surface area contributed by atoms with E-state index in [1.165, 1.54) is 12.1 Å². The Morgan fingerprint density at radius 1 is 1.15 bits per heavy atom. The minimum Gasteiger partial charge on any atom is -0.483 e. The van der Waals surface area contributed by atoms with Crippen molar-refractivity contribution in [1.82, 2.24) is 14.7 Å². The molecule has 0 aromatic heterocycles. The molecule has 34 heavy (non-hydrogen) atoms. The number of benzene rings is 1. The van der Waals surface area contributed by atoms with Crippen LogP contribution in [0.2, 0.25) is 0 Å². The zero-order valence-electron chi connectivity index (χ0n) is 19.3. The van der Waals surface area contributed by atoms with Crippen molar-refractivity contribution < 1.29 is 42.9 Å². The Bertz CT molecular complexity index is 977. The van der Waals surface area contributed by atoms with Crippen LogP contribution >= 0.6 is 0 Å². The molecule has 2 heterocycles. The number of likely N-dealkylation sites (tertiary alicyclic amines) is 2. The number of amides is 1. The third kappa shape index (κ3) is 7.78. The molecule has 2 atom stereocenters. The monoisotopic (exact) mass is 501 g/mol. The first kappa shape index (κ1) is 29.0. The number of nitrogens with zero attached hydrogens (tertiary/aromatic N) is 3. The summed E-state index contributed by atoms with van der Waals surface area (Å²) >= 11 is 0. The number of carbonyl (C=O) groups excluding carboxylic acids is 1. The zero-order valence-corrected chi connectivity index (χ0v) is 20.1. The van der Waals surface area contributed by atoms with Crippen molar-refractivity contribution in [3.05, 3.63) is 29.8 Å². The molecule has 1 aromatic carbocycles. The van der Waals surface area contributed by atoms with Crippen LogP contribution in [0.3, 0.4) is 0 Å². The van der Waals surface area contributed by atoms with Crippen LogP contribution in [0.25, 0.3) is 0 Å². The molecule has 0 saturated carbocycles. The van der Waals surface area contributed by atoms with Gasteiger partial charge in [-0.15, -0.1) is 0 Å². The van der Waals surface area contributed by atoms with Gasteiger partial charge in [0.25, 0.3) is 18.9 Å². The lowest BCUT2D eigenvalue weighted by Gasteiger charge is -2.32. The first-order valence-corrected chi connectivity index (χ1v) is 12.1. The number of carboxylic acids is 1. The van der Waals surface area contributed by atoms with E-state index < -0.39 is 15.8 Å². The minimum absolute atomic E-state index is 0.00995. The molecule has 2 saturated heterocycles. The lowest BCUT2D eigenvalue weighted by atomic mass is 9.80. The van der Waals surface area contributed by atoms with Gasteiger partial charge in [0.1, 0.15) is 0 Å². The number of hydrogen-bond acceptors (Lipinski definition) is 8. The number of sulfone groups is 1. The molecule has 0 unspecified atom stereocenters. The van der Waals surface area contributed by atoms with Gasteiger partial charge < -0.3 is 25.1 Å². The Morgan fingerprint density at radius 2 is 1.74 bits per heavy atom. The number of fused-ring (bicyclic) bond motifs is 1. The summed E-state index contributed by atoms with van der Waals surface area (Å²) in [5.74, 6) is -0.829. The lowest BCUT2D eigenvalue weighted by Crippen LogP contribution is -2.43. The van der Waals surface area contributed by atoms with E-state index in [0.717, 1.165) is 12.8 Å². The van der Waals surface area contributed by atoms with Crippen molar-refractivity contribution in [3.8, 4) is 0 Å². The zero-order chi connectivity index (χ0) is 26.1. The van der Waals surface area contributed by atoms with E-state index in [1.54, 1.807) is 17.0 Å². The summed E-state index contributed by atoms with van der Waals surface area (Å²) < 4.78 is 23.6. The van der Waals surface area contributed by atoms with Crippen LogP contribution in [0, 0.1) is 11.3 Å². The number of carboxylic acid groups (broad SMARTS) is 3. The first-order chi connectivity index (χ1) is 15.8. The Kier molecular flexibility index (Phi) is 10.6. The van der Waals surface area contributed by atoms with Gasteiger partial charge in [-0.3, -0.25) is 24.1 Å². The fraction of sp³-hybridized carbons (Fsp3) is 0.524. The number of rotatable bonds is 6. The molecule has 0 radical (unpaired) electrons. The van der Waals surface area contributed by atoms with Gasteiger partial charge in [0, 0.05) is 50.0 Å². The molecule has 190 valence electrons. The van der Waals surface area contributed by atoms with Gasteiger partial charge in [0.05, 0.1) is 11.4 Å². The Balaban J connectivity index is 0.000000872. The van der Waals surface area contributed by atoms with Gasteiger partial charge in [-0.1, -0.05) is 6.07 Å². The highest BCUT2D eigenvalue weighted by molar-refractivity contribution is 7.90. The quantitative estimate of drug-likeness (QED) is 0.429. The smallest absolute Gasteiger partial charge is 0.317 e. The largest absolute Gasteiger partial charge is 0.483 e. The molecular formula is C21H31N3O9S. The van der Waals surface area contributed by atoms with Crippen LogP contribution in [0.4, 0.5) is 0 Å². The molecule has 1 aromatic rings. The van der Waals surface area contributed by atoms with E-state index in [1.807, 2.05) is 19.0 Å². The van der Waals surface area contributed by atoms with E-state index in [2.05, 4.69) is 4.90 Å². The van der Waals surface area contributed by atoms with Crippen LogP contribution in [0.15, 0.2) is 29.2 Å². The molecular weight excluding hydrogens is 470 g/mol. The van der Waals surface area contributed by atoms with Crippen LogP contribution in [-0.4, -0.2) is 123 Å². The van der Waals surface area contributed by atoms with Crippen LogP contribution in [0.5, 0.6) is 0 Å². The fourth-order valence-corrected chi connectivity index (χ4v) is 5.32. The van der Waals surface area contributed by atoms with Crippen molar-refractivity contribution in [2.45, 2.75) is 4.90 Å². The summed E-state index contributed by atoms with van der Waals surface area (Å²) in [6.07, 6.45) is 1.12. The molecule has 2 aliphatic rings. The maximum atomic E-state index is 13.1. The van der Waals surface area contributed by atoms with Gasteiger partial charge in [0.2, 0.25) is 0 Å². The van der Waals surface area contributed by atoms with Gasteiger partial charge in [-0.05, 0) is 38.2 Å². The summed E-state index contributed by atoms with van der Waals surface area (Å²) in [4.78, 5) is 46.8. The highest BCUT2D eigenvalue weighted by Gasteiger charge is 2.53. The number of hydrogen-bond donors (Lipinski definition) is 3. The maximum Gasteiger partial charge on any atom is 0.317 e. The Morgan fingerprint density at radius 3 is 2.24 bits per heavy atom. The summed E-state index contributed by atoms with van der Waals surface area (Å²) in [6, 6.07) is 6.15. The third-order valence-electron chi connectivity index (χ3n) is 5.62. The molecule has 13 heteroatoms. The average molecular weight is 502 g/mol. The Hall–Kier alpha value is -3.03. The molecule has 0 aliphatic carbocycles. The van der Waals surface area contributed by atoms with Gasteiger partial charge >= 0.3 is 5.97 Å². The SMILES string of the molecule is CN(C)C[C@]12CN(CC(=O)O)C[C@H]1CN(C(=O)c1cccc(S(C)(=O)=O)c1)C2.O=CO.O=CO. The topological polar surface area (TPSA) is 173 Å². The van der Waals surface area contributed by atoms with Crippen molar-refractivity contribution in [2.75, 3.05) is 59.6 Å². The summed E-state index contributed by atoms with van der Waals surface area (Å²) in [5, 5.41) is 22.9. The molecule has 3 N–H and O–H groups in total. The predicted molar refractivity (Wildman–Crippen MR) is 121 cm³/mol. The highest BCUT2D eigenvalue weighted by atomic mass is 32.2. The molecule has 0 spiro atoms. The Labute approximate surface area is 198 Å². The van der Waals surface area contributed by atoms with Crippen LogP contribution < -0.4 is 0 Å². The van der Waals surface area contributed by atoms with E-state index >= 15 is 0 Å². The third-order valence-corrected chi connectivity index (χ3v) is 6.73. The van der Waals surface area contributed by atoms with Crippen LogP contribution in [-0.2, 0) is 24.2 Å². The molecule has 1 amide bonds. The maximum absolute atomic E-state index is 13.1. The molecule has 12 nitrogen and oxygen atoms in total.